The first-order chi connectivity index (χ1) is 4.84. The molecule has 1 saturated carbocycles. The average Bonchev–Trinajstić information content (AvgIpc) is 2.69. The highest BCUT2D eigenvalue weighted by Crippen LogP contribution is 2.36. The van der Waals surface area contributed by atoms with Crippen molar-refractivity contribution in [3.8, 4) is 0 Å². The van der Waals surface area contributed by atoms with Crippen molar-refractivity contribution in [2.24, 2.45) is 5.92 Å². The molecule has 0 N–H and O–H groups in total. The Balaban J connectivity index is 2.11. The van der Waals surface area contributed by atoms with E-state index in [0.717, 1.165) is 5.92 Å². The summed E-state index contributed by atoms with van der Waals surface area (Å²) >= 11 is 0. The van der Waals surface area contributed by atoms with Crippen molar-refractivity contribution >= 4 is 0 Å². The molecule has 1 fully saturated rings. The van der Waals surface area contributed by atoms with Crippen molar-refractivity contribution in [2.75, 3.05) is 0 Å². The fraction of sp³-hybridized carbons (Fsp3) is 0.800. The summed E-state index contributed by atoms with van der Waals surface area (Å²) in [6.07, 6.45) is 9.33. The normalized spacial score (nSPS) is 19.6. The molecule has 0 heteroatoms. The Bertz CT molecular complexity index is 118. The first-order valence-electron chi connectivity index (χ1n) is 4.51. The van der Waals surface area contributed by atoms with Gasteiger partial charge in [-0.05, 0) is 32.1 Å². The molecule has 0 bridgehead atoms. The van der Waals surface area contributed by atoms with Gasteiger partial charge >= 0.3 is 0 Å². The molecule has 1 rings (SSSR count). The SMILES string of the molecule is CCCCC=C(C)C1CC1. The van der Waals surface area contributed by atoms with E-state index in [-0.39, 0.29) is 0 Å². The molecule has 0 atom stereocenters. The number of unbranched alkanes of at least 4 members (excludes halogenated alkanes) is 2. The van der Waals surface area contributed by atoms with Crippen LogP contribution in [0, 0.1) is 5.92 Å². The van der Waals surface area contributed by atoms with Crippen LogP contribution < -0.4 is 0 Å². The maximum absolute atomic E-state index is 2.43. The van der Waals surface area contributed by atoms with Crippen molar-refractivity contribution in [3.05, 3.63) is 11.6 Å². The Kier molecular flexibility index (Phi) is 2.98. The van der Waals surface area contributed by atoms with Crippen LogP contribution >= 0.6 is 0 Å². The van der Waals surface area contributed by atoms with Crippen LogP contribution in [-0.4, -0.2) is 0 Å². The minimum Gasteiger partial charge on any atom is -0.0853 e. The molecule has 0 saturated heterocycles. The maximum atomic E-state index is 2.43. The van der Waals surface area contributed by atoms with Crippen LogP contribution in [0.15, 0.2) is 11.6 Å². The Morgan fingerprint density at radius 3 is 2.70 bits per heavy atom. The summed E-state index contributed by atoms with van der Waals surface area (Å²) in [6.45, 7) is 4.54. The number of hydrogen-bond acceptors (Lipinski definition) is 0. The standard InChI is InChI=1S/C10H18/c1-3-4-5-6-9(2)10-7-8-10/h6,10H,3-5,7-8H2,1-2H3. The van der Waals surface area contributed by atoms with E-state index >= 15 is 0 Å². The quantitative estimate of drug-likeness (QED) is 0.412. The van der Waals surface area contributed by atoms with Crippen LogP contribution in [0.5, 0.6) is 0 Å². The van der Waals surface area contributed by atoms with E-state index in [0.29, 0.717) is 0 Å². The largest absolute Gasteiger partial charge is 0.0853 e. The van der Waals surface area contributed by atoms with Crippen LogP contribution in [-0.2, 0) is 0 Å². The number of rotatable bonds is 4. The molecule has 0 amide bonds. The molecule has 0 aliphatic heterocycles. The second-order valence-corrected chi connectivity index (χ2v) is 3.36. The van der Waals surface area contributed by atoms with Gasteiger partial charge in [0.15, 0.2) is 0 Å². The van der Waals surface area contributed by atoms with Gasteiger partial charge in [0.1, 0.15) is 0 Å². The van der Waals surface area contributed by atoms with Crippen LogP contribution in [0.1, 0.15) is 46.0 Å². The van der Waals surface area contributed by atoms with E-state index in [1.54, 1.807) is 5.57 Å². The van der Waals surface area contributed by atoms with E-state index in [2.05, 4.69) is 19.9 Å². The third-order valence-electron chi connectivity index (χ3n) is 2.25. The second kappa shape index (κ2) is 3.80. The van der Waals surface area contributed by atoms with E-state index < -0.39 is 0 Å². The van der Waals surface area contributed by atoms with E-state index in [9.17, 15) is 0 Å². The molecule has 0 unspecified atom stereocenters. The number of hydrogen-bond donors (Lipinski definition) is 0. The predicted molar refractivity (Wildman–Crippen MR) is 46.0 cm³/mol. The summed E-state index contributed by atoms with van der Waals surface area (Å²) in [5.74, 6) is 0.983. The molecule has 0 heterocycles. The van der Waals surface area contributed by atoms with Gasteiger partial charge < -0.3 is 0 Å². The molecule has 58 valence electrons. The molecular weight excluding hydrogens is 120 g/mol. The van der Waals surface area contributed by atoms with Crippen LogP contribution in [0.2, 0.25) is 0 Å². The van der Waals surface area contributed by atoms with E-state index in [1.807, 2.05) is 0 Å². The predicted octanol–water partition coefficient (Wildman–Crippen LogP) is 3.53. The second-order valence-electron chi connectivity index (χ2n) is 3.36. The van der Waals surface area contributed by atoms with Gasteiger partial charge in [-0.2, -0.15) is 0 Å². The topological polar surface area (TPSA) is 0 Å². The zero-order valence-electron chi connectivity index (χ0n) is 7.19. The lowest BCUT2D eigenvalue weighted by Crippen LogP contribution is -1.77. The fourth-order valence-electron chi connectivity index (χ4n) is 1.24. The van der Waals surface area contributed by atoms with Crippen LogP contribution in [0.25, 0.3) is 0 Å². The summed E-state index contributed by atoms with van der Waals surface area (Å²) in [7, 11) is 0. The highest BCUT2D eigenvalue weighted by Gasteiger charge is 2.22. The summed E-state index contributed by atoms with van der Waals surface area (Å²) < 4.78 is 0. The van der Waals surface area contributed by atoms with Crippen molar-refractivity contribution in [1.29, 1.82) is 0 Å². The highest BCUT2D eigenvalue weighted by molar-refractivity contribution is 5.09. The van der Waals surface area contributed by atoms with Gasteiger partial charge in [0.25, 0.3) is 0 Å². The average molecular weight is 138 g/mol. The van der Waals surface area contributed by atoms with Crippen molar-refractivity contribution in [2.45, 2.75) is 46.0 Å². The van der Waals surface area contributed by atoms with Crippen LogP contribution in [0.4, 0.5) is 0 Å². The van der Waals surface area contributed by atoms with E-state index in [1.165, 1.54) is 32.1 Å². The van der Waals surface area contributed by atoms with Gasteiger partial charge in [-0.1, -0.05) is 31.4 Å². The van der Waals surface area contributed by atoms with Gasteiger partial charge in [0, 0.05) is 0 Å². The zero-order chi connectivity index (χ0) is 7.40. The molecule has 0 aromatic rings. The zero-order valence-corrected chi connectivity index (χ0v) is 7.19. The molecular formula is C10H18. The van der Waals surface area contributed by atoms with Crippen molar-refractivity contribution in [1.82, 2.24) is 0 Å². The Morgan fingerprint density at radius 1 is 1.50 bits per heavy atom. The van der Waals surface area contributed by atoms with Crippen LogP contribution in [0.3, 0.4) is 0 Å². The van der Waals surface area contributed by atoms with Gasteiger partial charge in [-0.15, -0.1) is 0 Å². The molecule has 0 aromatic carbocycles. The van der Waals surface area contributed by atoms with Gasteiger partial charge in [-0.3, -0.25) is 0 Å². The molecule has 0 nitrogen and oxygen atoms in total. The third kappa shape index (κ3) is 2.55. The molecule has 1 aliphatic carbocycles. The third-order valence-corrected chi connectivity index (χ3v) is 2.25. The number of allylic oxidation sites excluding steroid dienone is 2. The Morgan fingerprint density at radius 2 is 2.20 bits per heavy atom. The van der Waals surface area contributed by atoms with Gasteiger partial charge in [0.05, 0.1) is 0 Å². The Labute approximate surface area is 64.3 Å². The van der Waals surface area contributed by atoms with Gasteiger partial charge in [-0.25, -0.2) is 0 Å². The van der Waals surface area contributed by atoms with E-state index in [4.69, 9.17) is 0 Å². The summed E-state index contributed by atoms with van der Waals surface area (Å²) in [5, 5.41) is 0. The molecule has 1 aliphatic rings. The summed E-state index contributed by atoms with van der Waals surface area (Å²) in [5.41, 5.74) is 1.65. The first kappa shape index (κ1) is 7.84. The lowest BCUT2D eigenvalue weighted by Gasteiger charge is -1.95. The molecule has 0 aromatic heterocycles. The minimum absolute atomic E-state index is 0.983. The fourth-order valence-corrected chi connectivity index (χ4v) is 1.24. The van der Waals surface area contributed by atoms with Gasteiger partial charge in [0.2, 0.25) is 0 Å². The van der Waals surface area contributed by atoms with Crippen molar-refractivity contribution < 1.29 is 0 Å². The molecule has 0 radical (unpaired) electrons. The lowest BCUT2D eigenvalue weighted by atomic mass is 10.1. The minimum atomic E-state index is 0.983. The lowest BCUT2D eigenvalue weighted by molar-refractivity contribution is 0.803. The monoisotopic (exact) mass is 138 g/mol. The molecule has 0 spiro atoms. The summed E-state index contributed by atoms with van der Waals surface area (Å²) in [4.78, 5) is 0. The summed E-state index contributed by atoms with van der Waals surface area (Å²) in [6, 6.07) is 0. The van der Waals surface area contributed by atoms with Crippen molar-refractivity contribution in [3.63, 3.8) is 0 Å². The maximum Gasteiger partial charge on any atom is -0.0206 e. The first-order valence-corrected chi connectivity index (χ1v) is 4.51. The highest BCUT2D eigenvalue weighted by atomic mass is 14.3. The Hall–Kier alpha value is -0.260. The molecule has 10 heavy (non-hydrogen) atoms. The smallest absolute Gasteiger partial charge is 0.0206 e.